The van der Waals surface area contributed by atoms with Gasteiger partial charge in [0.15, 0.2) is 0 Å². The molecule has 0 spiro atoms. The van der Waals surface area contributed by atoms with E-state index < -0.39 is 234 Å². The Balaban J connectivity index is 1.91. The third kappa shape index (κ3) is 36.7. The number of benzene rings is 2. The number of phenols is 2. The van der Waals surface area contributed by atoms with Gasteiger partial charge in [0.2, 0.25) is 88.6 Å². The number of carbonyl (C=O) groups excluding carboxylic acids is 15. The van der Waals surface area contributed by atoms with E-state index in [-0.39, 0.29) is 81.9 Å². The smallest absolute Gasteiger partial charge is 0.325 e. The number of hydrogen-bond donors (Lipinski definition) is 24. The number of aliphatic carboxylic acids is 1. The van der Waals surface area contributed by atoms with Crippen molar-refractivity contribution in [3.8, 4) is 11.5 Å². The quantitative estimate of drug-likeness (QED) is 0.0284. The second kappa shape index (κ2) is 55.7. The Bertz CT molecular complexity index is 3890. The van der Waals surface area contributed by atoms with E-state index in [1.807, 2.05) is 0 Å². The van der Waals surface area contributed by atoms with Crippen LogP contribution in [0.25, 0.3) is 0 Å². The van der Waals surface area contributed by atoms with Crippen LogP contribution >= 0.6 is 0 Å². The summed E-state index contributed by atoms with van der Waals surface area (Å²) in [5, 5.41) is 97.5. The van der Waals surface area contributed by atoms with Crippen LogP contribution in [0, 0.1) is 29.6 Å². The van der Waals surface area contributed by atoms with E-state index in [1.165, 1.54) is 74.2 Å². The fraction of sp³-hybridized carbons (Fsp3) is 0.671. The maximum atomic E-state index is 15.0. The van der Waals surface area contributed by atoms with Crippen LogP contribution in [0.1, 0.15) is 191 Å². The number of aliphatic hydroxyl groups is 3. The molecule has 28 N–H and O–H groups in total. The van der Waals surface area contributed by atoms with Crippen molar-refractivity contribution in [2.75, 3.05) is 39.3 Å². The highest BCUT2D eigenvalue weighted by Gasteiger charge is 2.44. The number of hydrogen-bond acceptors (Lipinski definition) is 25. The molecule has 0 aliphatic carbocycles. The topological polar surface area (TPSA) is 670 Å². The fourth-order valence-electron chi connectivity index (χ4n) is 13.7. The maximum absolute atomic E-state index is 15.0. The molecule has 126 heavy (non-hydrogen) atoms. The number of aliphatic hydroxyl groups excluding tert-OH is 3. The molecule has 1 heterocycles. The average molecular weight is 1780 g/mol. The van der Waals surface area contributed by atoms with Crippen LogP contribution in [0.15, 0.2) is 48.5 Å². The van der Waals surface area contributed by atoms with Crippen LogP contribution in [-0.2, 0) is 89.6 Å². The summed E-state index contributed by atoms with van der Waals surface area (Å²) in [7, 11) is 0. The Morgan fingerprint density at radius 1 is 0.421 bits per heavy atom. The van der Waals surface area contributed by atoms with Gasteiger partial charge >= 0.3 is 5.97 Å². The third-order valence-corrected chi connectivity index (χ3v) is 21.8. The summed E-state index contributed by atoms with van der Waals surface area (Å²) in [5.41, 5.74) is 24.2. The lowest BCUT2D eigenvalue weighted by molar-refractivity contribution is -0.143. The van der Waals surface area contributed by atoms with Gasteiger partial charge in [0.25, 0.3) is 0 Å². The highest BCUT2D eigenvalue weighted by atomic mass is 16.4. The molecule has 15 amide bonds. The van der Waals surface area contributed by atoms with Crippen molar-refractivity contribution >= 4 is 94.6 Å². The summed E-state index contributed by atoms with van der Waals surface area (Å²) >= 11 is 0. The number of amides is 15. The van der Waals surface area contributed by atoms with Crippen LogP contribution in [0.3, 0.4) is 0 Å². The van der Waals surface area contributed by atoms with E-state index in [4.69, 9.17) is 22.9 Å². The average Bonchev–Trinajstić information content (AvgIpc) is 1.44. The lowest BCUT2D eigenvalue weighted by atomic mass is 9.96. The molecule has 41 heteroatoms. The number of phenolic OH excluding ortho intramolecular Hbond substituents is 2. The highest BCUT2D eigenvalue weighted by molar-refractivity contribution is 6.01. The molecule has 1 aliphatic heterocycles. The third-order valence-electron chi connectivity index (χ3n) is 21.8. The molecule has 1 aliphatic rings. The van der Waals surface area contributed by atoms with E-state index >= 15 is 4.79 Å². The standard InChI is InChI=1S/C85H141N19O22/c1-14-47(9)67(81(121)103-70(51(13)107)83(123)99-66(46(7)8)80(120)97-62(43-105)77(117)91-49(11)85(125)126)100-75(115)60(40-52-27-31-54(108)32-28-52)95-72(112)57(24-17-20-36-87)92-64(110)42-90-78(118)63-26-22-38-104(63)84(124)68(48(10)15-2)101-76(116)61(41-53-29-33-55(109)34-30-53)96-79(119)65(45(5)6)98-82(122)69(50(12)106)102-74(114)59(39-44(3)4)94-73(113)58(25-18-21-37-88)93-71(111)56(89)23-16-19-35-86/h27-34,44-51,56-63,65-70,105-109H,14-26,35-43,86-89H2,1-13H3,(H,90,118)(H,91,117)(H,92,110)(H,93,111)(H,94,113)(H,95,112)(H,96,119)(H,97,120)(H,98,122)(H,99,123)(H,100,115)(H,101,116)(H,102,114)(H,103,121)(H,125,126)/t47-,48-,49-,50+,51+,56-,57-,58-,59-,60-,61-,62-,63+,65-,66-,67-,68-,69-,70-/m0/s1. The number of aromatic hydroxyl groups is 2. The summed E-state index contributed by atoms with van der Waals surface area (Å²) in [6.45, 7) is 19.2. The maximum Gasteiger partial charge on any atom is 0.325 e. The first-order valence-electron chi connectivity index (χ1n) is 43.5. The summed E-state index contributed by atoms with van der Waals surface area (Å²) in [4.78, 5) is 226. The van der Waals surface area contributed by atoms with Crippen molar-refractivity contribution in [3.05, 3.63) is 59.7 Å². The molecule has 41 nitrogen and oxygen atoms in total. The fourth-order valence-corrected chi connectivity index (χ4v) is 13.7. The zero-order valence-corrected chi connectivity index (χ0v) is 74.8. The molecule has 1 saturated heterocycles. The first-order valence-corrected chi connectivity index (χ1v) is 43.5. The summed E-state index contributed by atoms with van der Waals surface area (Å²) < 4.78 is 0. The Morgan fingerprint density at radius 3 is 1.21 bits per heavy atom. The largest absolute Gasteiger partial charge is 0.508 e. The van der Waals surface area contributed by atoms with E-state index in [2.05, 4.69) is 74.4 Å². The van der Waals surface area contributed by atoms with Gasteiger partial charge in [-0.05, 0) is 176 Å². The molecule has 0 radical (unpaired) electrons. The van der Waals surface area contributed by atoms with Crippen LogP contribution in [0.4, 0.5) is 0 Å². The number of nitrogens with zero attached hydrogens (tertiary/aromatic N) is 1. The number of carboxylic acid groups (broad SMARTS) is 1. The molecule has 3 rings (SSSR count). The lowest BCUT2D eigenvalue weighted by Gasteiger charge is -2.33. The Morgan fingerprint density at radius 2 is 0.778 bits per heavy atom. The van der Waals surface area contributed by atoms with Crippen LogP contribution < -0.4 is 97.4 Å². The highest BCUT2D eigenvalue weighted by Crippen LogP contribution is 2.24. The molecule has 0 unspecified atom stereocenters. The summed E-state index contributed by atoms with van der Waals surface area (Å²) in [6.07, 6.45) is 0.333. The van der Waals surface area contributed by atoms with Crippen LogP contribution in [0.2, 0.25) is 0 Å². The van der Waals surface area contributed by atoms with E-state index in [0.717, 1.165) is 13.8 Å². The van der Waals surface area contributed by atoms with E-state index in [1.54, 1.807) is 55.4 Å². The number of nitrogens with two attached hydrogens (primary N) is 4. The van der Waals surface area contributed by atoms with Gasteiger partial charge < -0.3 is 133 Å². The van der Waals surface area contributed by atoms with E-state index in [9.17, 15) is 103 Å². The molecule has 0 aromatic heterocycles. The van der Waals surface area contributed by atoms with Crippen LogP contribution in [0.5, 0.6) is 11.5 Å². The number of likely N-dealkylation sites (tertiary alicyclic amines) is 1. The Hall–Kier alpha value is -10.7. The van der Waals surface area contributed by atoms with Crippen molar-refractivity contribution in [3.63, 3.8) is 0 Å². The molecule has 0 bridgehead atoms. The van der Waals surface area contributed by atoms with Crippen molar-refractivity contribution < 1.29 is 107 Å². The molecule has 1 fully saturated rings. The van der Waals surface area contributed by atoms with Gasteiger partial charge in [0.05, 0.1) is 31.4 Å². The van der Waals surface area contributed by atoms with Gasteiger partial charge in [-0.15, -0.1) is 0 Å². The van der Waals surface area contributed by atoms with Gasteiger partial charge in [-0.25, -0.2) is 0 Å². The first kappa shape index (κ1) is 109. The number of carboxylic acids is 1. The van der Waals surface area contributed by atoms with Crippen molar-refractivity contribution in [2.24, 2.45) is 52.5 Å². The second-order valence-electron chi connectivity index (χ2n) is 33.6. The monoisotopic (exact) mass is 1780 g/mol. The zero-order chi connectivity index (χ0) is 94.9. The van der Waals surface area contributed by atoms with Gasteiger partial charge in [-0.2, -0.15) is 0 Å². The zero-order valence-electron chi connectivity index (χ0n) is 74.8. The molecular weight excluding hydrogens is 1640 g/mol. The molecule has 708 valence electrons. The minimum atomic E-state index is -1.80. The Labute approximate surface area is 736 Å². The van der Waals surface area contributed by atoms with Crippen molar-refractivity contribution in [1.82, 2.24) is 79.3 Å². The molecule has 0 saturated carbocycles. The minimum absolute atomic E-state index is 0.0157. The Kier molecular flexibility index (Phi) is 48.4. The van der Waals surface area contributed by atoms with Gasteiger partial charge in [0.1, 0.15) is 96.1 Å². The number of carbonyl (C=O) groups is 16. The van der Waals surface area contributed by atoms with Crippen molar-refractivity contribution in [1.29, 1.82) is 0 Å². The predicted octanol–water partition coefficient (Wildman–Crippen LogP) is -3.68. The number of unbranched alkanes of at least 4 members (excludes halogenated alkanes) is 3. The van der Waals surface area contributed by atoms with Crippen LogP contribution in [-0.4, -0.2) is 272 Å². The normalized spacial score (nSPS) is 16.9. The minimum Gasteiger partial charge on any atom is -0.508 e. The first-order chi connectivity index (χ1) is 59.4. The number of rotatable bonds is 57. The predicted molar refractivity (Wildman–Crippen MR) is 465 cm³/mol. The summed E-state index contributed by atoms with van der Waals surface area (Å²) in [6, 6.07) is -10.2. The lowest BCUT2D eigenvalue weighted by Crippen LogP contribution is -2.63. The SMILES string of the molecule is CC[C@H](C)[C@H](NC(=O)[C@H](Cc1ccc(O)cc1)NC(=O)[C@H](CCCCN)NC(=O)CNC(=O)[C@H]1CCCN1C(=O)[C@@H](NC(=O)[C@H](Cc1ccc(O)cc1)NC(=O)[C@@H](NC(=O)[C@@H](NC(=O)[C@H](CC(C)C)NC(=O)[C@H](CCCCN)NC(=O)[C@@H](N)CCCCN)[C@@H](C)O)C(C)C)[C@@H](C)CC)C(=O)N[C@H](C(=O)N[C@H](C(=O)N[C@@H](CO)C(=O)N[C@@H](C)C(=O)O)C(C)C)[C@@H](C)O. The van der Waals surface area contributed by atoms with Gasteiger partial charge in [-0.3, -0.25) is 76.7 Å². The van der Waals surface area contributed by atoms with E-state index in [0.29, 0.717) is 75.6 Å². The molecule has 19 atom stereocenters. The second-order valence-corrected chi connectivity index (χ2v) is 33.6. The molecule has 2 aromatic rings. The molecule has 2 aromatic carbocycles. The van der Waals surface area contributed by atoms with Gasteiger partial charge in [0, 0.05) is 19.4 Å². The van der Waals surface area contributed by atoms with Gasteiger partial charge in [-0.1, -0.05) is 113 Å². The summed E-state index contributed by atoms with van der Waals surface area (Å²) in [5.74, 6) is -18.1. The van der Waals surface area contributed by atoms with Crippen molar-refractivity contribution in [2.45, 2.75) is 296 Å². The number of nitrogens with one attached hydrogen (secondary N) is 14. The molecular formula is C85H141N19O22.